The van der Waals surface area contributed by atoms with Crippen LogP contribution in [0.5, 0.6) is 5.75 Å². The maximum Gasteiger partial charge on any atom is 0.246 e. The number of benzene rings is 1. The van der Waals surface area contributed by atoms with Crippen molar-refractivity contribution < 1.29 is 53.7 Å². The molecule has 0 spiro atoms. The lowest BCUT2D eigenvalue weighted by molar-refractivity contribution is -0.139. The van der Waals surface area contributed by atoms with E-state index in [1.165, 1.54) is 32.9 Å². The number of carbonyl (C=O) groups is 8. The second-order valence-electron chi connectivity index (χ2n) is 16.5. The average Bonchev–Trinajstić information content (AvgIpc) is 3.20. The van der Waals surface area contributed by atoms with Gasteiger partial charge in [-0.2, -0.15) is 0 Å². The Kier molecular flexibility index (Phi) is 21.7. The van der Waals surface area contributed by atoms with E-state index in [-0.39, 0.29) is 31.4 Å². The molecule has 8 amide bonds. The predicted molar refractivity (Wildman–Crippen MR) is 227 cm³/mol. The maximum absolute atomic E-state index is 14.3. The lowest BCUT2D eigenvalue weighted by Crippen LogP contribution is -2.65. The summed E-state index contributed by atoms with van der Waals surface area (Å²) >= 11 is 0. The fourth-order valence-corrected chi connectivity index (χ4v) is 6.87. The first-order valence-corrected chi connectivity index (χ1v) is 21.1. The molecular formula is C41H68N10O11. The summed E-state index contributed by atoms with van der Waals surface area (Å²) in [5.41, 5.74) is 20.3. The molecule has 1 heterocycles. The van der Waals surface area contributed by atoms with E-state index in [2.05, 4.69) is 31.9 Å². The number of carbonyl (C=O) groups excluding carboxylic acids is 8. The number of rotatable bonds is 16. The maximum atomic E-state index is 14.3. The number of aromatic hydroxyl groups is 1. The number of phenols is 1. The topological polar surface area (TPSA) is 374 Å². The molecule has 21 heteroatoms. The van der Waals surface area contributed by atoms with Crippen molar-refractivity contribution in [1.82, 2.24) is 31.9 Å². The molecule has 1 aromatic rings. The Morgan fingerprint density at radius 2 is 1.44 bits per heavy atom. The minimum absolute atomic E-state index is 0.0385. The van der Waals surface area contributed by atoms with Crippen LogP contribution in [0.3, 0.4) is 0 Å². The molecule has 1 aromatic carbocycles. The highest BCUT2D eigenvalue weighted by atomic mass is 16.3. The van der Waals surface area contributed by atoms with E-state index >= 15 is 0 Å². The van der Waals surface area contributed by atoms with Gasteiger partial charge in [-0.25, -0.2) is 0 Å². The number of amides is 8. The largest absolute Gasteiger partial charge is 0.508 e. The molecule has 2 rings (SSSR count). The fraction of sp³-hybridized carbons (Fsp3) is 0.659. The Balaban J connectivity index is 2.49. The van der Waals surface area contributed by atoms with Gasteiger partial charge in [0.2, 0.25) is 47.3 Å². The standard InChI is InChI=1S/C41H68N10O11/c1-24(53)32-37(60)47-29(17-18-31(44)55)34(57)48-30(23-52)36(59)50-40(2,38(45)61)19-9-6-4-5-7-10-20-41(3,39(62)49-32)51-35(58)28(12-8-11-21-42)46-33(56)27(43)22-25-13-15-26(54)16-14-25/h13-16,24,27-30,32,52-54H,4-12,17-23,42-43H2,1-3H3,(H2,44,55)(H2,45,61)(H,46,56)(H,47,60)(H,48,57)(H,49,62)(H,50,59)(H,51,58)/t24-,27+,28+,29+,30+,32+,40+,41+/m1/s1. The predicted octanol–water partition coefficient (Wildman–Crippen LogP) is -2.66. The first-order chi connectivity index (χ1) is 29.2. The van der Waals surface area contributed by atoms with Crippen LogP contribution in [0.25, 0.3) is 0 Å². The third kappa shape index (κ3) is 17.2. The van der Waals surface area contributed by atoms with Gasteiger partial charge in [0.1, 0.15) is 41.0 Å². The van der Waals surface area contributed by atoms with E-state index in [9.17, 15) is 53.7 Å². The van der Waals surface area contributed by atoms with Gasteiger partial charge in [0.05, 0.1) is 18.8 Å². The molecule has 1 aliphatic rings. The van der Waals surface area contributed by atoms with Gasteiger partial charge in [-0.05, 0) is 90.0 Å². The highest BCUT2D eigenvalue weighted by molar-refractivity contribution is 5.99. The monoisotopic (exact) mass is 877 g/mol. The molecule has 0 aliphatic carbocycles. The Labute approximate surface area is 362 Å². The van der Waals surface area contributed by atoms with E-state index in [0.29, 0.717) is 63.5 Å². The van der Waals surface area contributed by atoms with Crippen LogP contribution in [0.15, 0.2) is 24.3 Å². The summed E-state index contributed by atoms with van der Waals surface area (Å²) in [6, 6.07) is -1.06. The number of aliphatic hydroxyl groups excluding tert-OH is 2. The van der Waals surface area contributed by atoms with E-state index in [0.717, 1.165) is 0 Å². The van der Waals surface area contributed by atoms with Crippen LogP contribution in [0.2, 0.25) is 0 Å². The minimum Gasteiger partial charge on any atom is -0.508 e. The summed E-state index contributed by atoms with van der Waals surface area (Å²) in [6.07, 6.45) is 2.38. The van der Waals surface area contributed by atoms with Crippen LogP contribution in [0, 0.1) is 0 Å². The van der Waals surface area contributed by atoms with Crippen LogP contribution in [-0.4, -0.2) is 123 Å². The molecule has 1 fully saturated rings. The van der Waals surface area contributed by atoms with E-state index in [1.807, 2.05) is 0 Å². The SMILES string of the molecule is C[C@@H](O)[C@@H]1NC(=O)[C@@](C)(NC(=O)[C@H](CCCCN)NC(=O)[C@@H](N)Cc2ccc(O)cc2)CCCCCCCC[C@@](C)(C(N)=O)NC(=O)[C@H](CO)NC(=O)[C@H](CCC(N)=O)NC1=O. The number of phenolic OH excluding ortho intramolecular Hbond substituents is 1. The lowest BCUT2D eigenvalue weighted by Gasteiger charge is -2.34. The van der Waals surface area contributed by atoms with E-state index < -0.39 is 114 Å². The molecule has 62 heavy (non-hydrogen) atoms. The molecule has 0 saturated carbocycles. The van der Waals surface area contributed by atoms with Crippen LogP contribution in [-0.2, 0) is 44.8 Å². The fourth-order valence-electron chi connectivity index (χ4n) is 6.87. The zero-order valence-electron chi connectivity index (χ0n) is 36.0. The van der Waals surface area contributed by atoms with Gasteiger partial charge in [0.25, 0.3) is 0 Å². The summed E-state index contributed by atoms with van der Waals surface area (Å²) in [7, 11) is 0. The summed E-state index contributed by atoms with van der Waals surface area (Å²) in [5, 5.41) is 45.6. The van der Waals surface area contributed by atoms with Crippen molar-refractivity contribution in [3.63, 3.8) is 0 Å². The summed E-state index contributed by atoms with van der Waals surface area (Å²) in [5.74, 6) is -6.97. The smallest absolute Gasteiger partial charge is 0.246 e. The molecule has 0 aromatic heterocycles. The highest BCUT2D eigenvalue weighted by Crippen LogP contribution is 2.21. The van der Waals surface area contributed by atoms with Crippen LogP contribution >= 0.6 is 0 Å². The van der Waals surface area contributed by atoms with Crippen molar-refractivity contribution in [3.05, 3.63) is 29.8 Å². The number of nitrogens with two attached hydrogens (primary N) is 4. The van der Waals surface area contributed by atoms with Crippen LogP contribution in [0.1, 0.15) is 110 Å². The van der Waals surface area contributed by atoms with Gasteiger partial charge in [-0.1, -0.05) is 50.7 Å². The molecule has 1 saturated heterocycles. The van der Waals surface area contributed by atoms with Gasteiger partial charge in [-0.15, -0.1) is 0 Å². The normalized spacial score (nSPS) is 25.2. The number of aliphatic hydroxyl groups is 2. The number of unbranched alkanes of at least 4 members (excludes halogenated alkanes) is 1. The average molecular weight is 877 g/mol. The number of hydrogen-bond donors (Lipinski definition) is 13. The Hall–Kier alpha value is -5.38. The molecule has 0 unspecified atom stereocenters. The quantitative estimate of drug-likeness (QED) is 0.0756. The molecular weight excluding hydrogens is 809 g/mol. The Bertz CT molecular complexity index is 1700. The molecule has 0 bridgehead atoms. The van der Waals surface area contributed by atoms with Gasteiger partial charge in [-0.3, -0.25) is 38.4 Å². The first kappa shape index (κ1) is 52.8. The van der Waals surface area contributed by atoms with Crippen molar-refractivity contribution in [2.45, 2.75) is 158 Å². The summed E-state index contributed by atoms with van der Waals surface area (Å²) in [6.45, 7) is 3.45. The third-order valence-corrected chi connectivity index (χ3v) is 10.9. The summed E-state index contributed by atoms with van der Waals surface area (Å²) in [4.78, 5) is 106. The van der Waals surface area contributed by atoms with Crippen molar-refractivity contribution in [3.8, 4) is 5.75 Å². The van der Waals surface area contributed by atoms with Gasteiger partial charge < -0.3 is 70.2 Å². The molecule has 348 valence electrons. The number of primary amides is 2. The molecule has 8 atom stereocenters. The molecule has 0 radical (unpaired) electrons. The van der Waals surface area contributed by atoms with Crippen molar-refractivity contribution in [2.75, 3.05) is 13.2 Å². The highest BCUT2D eigenvalue weighted by Gasteiger charge is 2.41. The first-order valence-electron chi connectivity index (χ1n) is 21.1. The van der Waals surface area contributed by atoms with Crippen LogP contribution < -0.4 is 54.8 Å². The van der Waals surface area contributed by atoms with Crippen LogP contribution in [0.4, 0.5) is 0 Å². The molecule has 21 nitrogen and oxygen atoms in total. The number of nitrogens with one attached hydrogen (secondary N) is 6. The molecule has 17 N–H and O–H groups in total. The molecule has 1 aliphatic heterocycles. The second-order valence-corrected chi connectivity index (χ2v) is 16.5. The van der Waals surface area contributed by atoms with Gasteiger partial charge in [0.15, 0.2) is 0 Å². The zero-order valence-corrected chi connectivity index (χ0v) is 36.0. The minimum atomic E-state index is -1.74. The second kappa shape index (κ2) is 25.5. The van der Waals surface area contributed by atoms with Gasteiger partial charge >= 0.3 is 0 Å². The summed E-state index contributed by atoms with van der Waals surface area (Å²) < 4.78 is 0. The lowest BCUT2D eigenvalue weighted by atomic mass is 9.90. The van der Waals surface area contributed by atoms with E-state index in [4.69, 9.17) is 22.9 Å². The third-order valence-electron chi connectivity index (χ3n) is 10.9. The zero-order chi connectivity index (χ0) is 46.6. The van der Waals surface area contributed by atoms with Crippen molar-refractivity contribution in [2.24, 2.45) is 22.9 Å². The Morgan fingerprint density at radius 1 is 0.839 bits per heavy atom. The Morgan fingerprint density at radius 3 is 2.00 bits per heavy atom. The van der Waals surface area contributed by atoms with E-state index in [1.54, 1.807) is 12.1 Å². The van der Waals surface area contributed by atoms with Gasteiger partial charge in [0, 0.05) is 6.42 Å². The van der Waals surface area contributed by atoms with Crippen molar-refractivity contribution >= 4 is 47.3 Å². The number of hydrogen-bond acceptors (Lipinski definition) is 13. The van der Waals surface area contributed by atoms with Crippen molar-refractivity contribution in [1.29, 1.82) is 0 Å².